The Balaban J connectivity index is 1.90. The topological polar surface area (TPSA) is 97.1 Å². The highest BCUT2D eigenvalue weighted by Gasteiger charge is 2.26. The van der Waals surface area contributed by atoms with Gasteiger partial charge in [0.1, 0.15) is 6.54 Å². The van der Waals surface area contributed by atoms with Crippen LogP contribution in [-0.2, 0) is 11.3 Å². The van der Waals surface area contributed by atoms with Crippen molar-refractivity contribution in [1.29, 1.82) is 0 Å². The second-order valence-electron chi connectivity index (χ2n) is 4.95. The Bertz CT molecular complexity index is 467. The molecule has 1 unspecified atom stereocenters. The Labute approximate surface area is 111 Å². The lowest BCUT2D eigenvalue weighted by molar-refractivity contribution is -0.137. The molecular formula is C12H18N4O3. The first-order valence-electron chi connectivity index (χ1n) is 6.51. The van der Waals surface area contributed by atoms with Gasteiger partial charge in [0.25, 0.3) is 5.91 Å². The maximum absolute atomic E-state index is 11.9. The van der Waals surface area contributed by atoms with Gasteiger partial charge in [-0.1, -0.05) is 25.0 Å². The molecule has 2 N–H and O–H groups in total. The van der Waals surface area contributed by atoms with Crippen molar-refractivity contribution in [2.24, 2.45) is 5.92 Å². The smallest absolute Gasteiger partial charge is 0.325 e. The number of aliphatic carboxylic acids is 1. The molecule has 0 aromatic carbocycles. The van der Waals surface area contributed by atoms with Crippen molar-refractivity contribution in [3.63, 3.8) is 0 Å². The van der Waals surface area contributed by atoms with Crippen LogP contribution in [0.5, 0.6) is 0 Å². The molecule has 1 saturated carbocycles. The van der Waals surface area contributed by atoms with E-state index in [-0.39, 0.29) is 24.2 Å². The molecule has 19 heavy (non-hydrogen) atoms. The first-order chi connectivity index (χ1) is 9.08. The number of hydrogen-bond acceptors (Lipinski definition) is 4. The number of amides is 1. The van der Waals surface area contributed by atoms with Gasteiger partial charge in [-0.05, 0) is 18.8 Å². The van der Waals surface area contributed by atoms with Crippen LogP contribution < -0.4 is 5.32 Å². The van der Waals surface area contributed by atoms with E-state index in [1.165, 1.54) is 19.0 Å². The molecular weight excluding hydrogens is 248 g/mol. The summed E-state index contributed by atoms with van der Waals surface area (Å²) in [6.45, 7) is 1.74. The molecule has 1 aromatic rings. The zero-order chi connectivity index (χ0) is 13.8. The van der Waals surface area contributed by atoms with Gasteiger partial charge in [-0.2, -0.15) is 0 Å². The Morgan fingerprint density at radius 3 is 2.89 bits per heavy atom. The molecule has 0 saturated heterocycles. The first-order valence-corrected chi connectivity index (χ1v) is 6.51. The maximum atomic E-state index is 11.9. The zero-order valence-corrected chi connectivity index (χ0v) is 10.9. The predicted molar refractivity (Wildman–Crippen MR) is 66.5 cm³/mol. The molecule has 7 heteroatoms. The van der Waals surface area contributed by atoms with E-state index in [1.54, 1.807) is 0 Å². The molecule has 1 fully saturated rings. The highest BCUT2D eigenvalue weighted by molar-refractivity contribution is 5.92. The Hall–Kier alpha value is -1.92. The van der Waals surface area contributed by atoms with Crippen molar-refractivity contribution in [1.82, 2.24) is 20.3 Å². The third-order valence-corrected chi connectivity index (χ3v) is 3.21. The molecule has 1 aliphatic carbocycles. The van der Waals surface area contributed by atoms with Crippen molar-refractivity contribution >= 4 is 11.9 Å². The van der Waals surface area contributed by atoms with E-state index >= 15 is 0 Å². The van der Waals surface area contributed by atoms with Crippen molar-refractivity contribution in [2.45, 2.75) is 45.2 Å². The fourth-order valence-electron chi connectivity index (χ4n) is 1.96. The third kappa shape index (κ3) is 4.04. The fraction of sp³-hybridized carbons (Fsp3) is 0.667. The Morgan fingerprint density at radius 2 is 2.32 bits per heavy atom. The largest absolute Gasteiger partial charge is 0.480 e. The summed E-state index contributed by atoms with van der Waals surface area (Å²) < 4.78 is 1.14. The molecule has 0 aliphatic heterocycles. The van der Waals surface area contributed by atoms with Gasteiger partial charge in [0.05, 0.1) is 6.20 Å². The van der Waals surface area contributed by atoms with Crippen LogP contribution in [0, 0.1) is 5.92 Å². The quantitative estimate of drug-likeness (QED) is 0.756. The molecule has 1 atom stereocenters. The molecule has 1 heterocycles. The molecule has 7 nitrogen and oxygen atoms in total. The SMILES string of the molecule is CCC(CC1CC1)NC(=O)c1cn(CC(=O)O)nn1. The van der Waals surface area contributed by atoms with Crippen LogP contribution in [0.4, 0.5) is 0 Å². The van der Waals surface area contributed by atoms with Gasteiger partial charge in [-0.25, -0.2) is 4.68 Å². The van der Waals surface area contributed by atoms with Crippen molar-refractivity contribution < 1.29 is 14.7 Å². The lowest BCUT2D eigenvalue weighted by atomic mass is 10.1. The summed E-state index contributed by atoms with van der Waals surface area (Å²) >= 11 is 0. The molecule has 0 spiro atoms. The summed E-state index contributed by atoms with van der Waals surface area (Å²) in [5.41, 5.74) is 0.162. The molecule has 0 bridgehead atoms. The summed E-state index contributed by atoms with van der Waals surface area (Å²) in [6, 6.07) is 0.157. The van der Waals surface area contributed by atoms with E-state index in [2.05, 4.69) is 15.6 Å². The molecule has 0 radical (unpaired) electrons. The van der Waals surface area contributed by atoms with Gasteiger partial charge in [-0.15, -0.1) is 5.10 Å². The summed E-state index contributed by atoms with van der Waals surface area (Å²) in [4.78, 5) is 22.5. The number of nitrogens with one attached hydrogen (secondary N) is 1. The van der Waals surface area contributed by atoms with Gasteiger partial charge < -0.3 is 10.4 Å². The minimum Gasteiger partial charge on any atom is -0.480 e. The average Bonchev–Trinajstić information content (AvgIpc) is 3.05. The predicted octanol–water partition coefficient (Wildman–Crippen LogP) is 0.671. The maximum Gasteiger partial charge on any atom is 0.325 e. The van der Waals surface area contributed by atoms with Crippen LogP contribution in [0.15, 0.2) is 6.20 Å². The zero-order valence-electron chi connectivity index (χ0n) is 10.9. The summed E-state index contributed by atoms with van der Waals surface area (Å²) in [6.07, 6.45) is 5.74. The van der Waals surface area contributed by atoms with Crippen LogP contribution in [0.3, 0.4) is 0 Å². The lowest BCUT2D eigenvalue weighted by Gasteiger charge is -2.15. The third-order valence-electron chi connectivity index (χ3n) is 3.21. The van der Waals surface area contributed by atoms with Crippen LogP contribution >= 0.6 is 0 Å². The van der Waals surface area contributed by atoms with Crippen LogP contribution in [0.25, 0.3) is 0 Å². The standard InChI is InChI=1S/C12H18N4O3/c1-2-9(5-8-3-4-8)13-12(19)10-6-16(15-14-10)7-11(17)18/h6,8-9H,2-5,7H2,1H3,(H,13,19)(H,17,18). The van der Waals surface area contributed by atoms with E-state index in [0.717, 1.165) is 23.4 Å². The van der Waals surface area contributed by atoms with E-state index in [1.807, 2.05) is 6.92 Å². The first kappa shape index (κ1) is 13.5. The molecule has 104 valence electrons. The molecule has 2 rings (SSSR count). The number of aromatic nitrogens is 3. The van der Waals surface area contributed by atoms with Crippen LogP contribution in [0.1, 0.15) is 43.1 Å². The fourth-order valence-corrected chi connectivity index (χ4v) is 1.96. The lowest BCUT2D eigenvalue weighted by Crippen LogP contribution is -2.35. The Morgan fingerprint density at radius 1 is 1.58 bits per heavy atom. The second-order valence-corrected chi connectivity index (χ2v) is 4.95. The number of carboxylic acids is 1. The highest BCUT2D eigenvalue weighted by atomic mass is 16.4. The van der Waals surface area contributed by atoms with E-state index in [0.29, 0.717) is 0 Å². The van der Waals surface area contributed by atoms with Crippen LogP contribution in [0.2, 0.25) is 0 Å². The average molecular weight is 266 g/mol. The normalized spacial score (nSPS) is 16.1. The Kier molecular flexibility index (Phi) is 4.13. The number of carboxylic acid groups (broad SMARTS) is 1. The van der Waals surface area contributed by atoms with E-state index in [9.17, 15) is 9.59 Å². The summed E-state index contributed by atoms with van der Waals surface area (Å²) in [7, 11) is 0. The van der Waals surface area contributed by atoms with Gasteiger partial charge in [0.2, 0.25) is 0 Å². The minimum absolute atomic E-state index is 0.157. The number of nitrogens with zero attached hydrogens (tertiary/aromatic N) is 3. The van der Waals surface area contributed by atoms with E-state index in [4.69, 9.17) is 5.11 Å². The van der Waals surface area contributed by atoms with Crippen molar-refractivity contribution in [3.8, 4) is 0 Å². The number of hydrogen-bond donors (Lipinski definition) is 2. The molecule has 1 aromatic heterocycles. The van der Waals surface area contributed by atoms with Crippen molar-refractivity contribution in [3.05, 3.63) is 11.9 Å². The van der Waals surface area contributed by atoms with Gasteiger partial charge >= 0.3 is 5.97 Å². The number of rotatable bonds is 7. The van der Waals surface area contributed by atoms with Crippen molar-refractivity contribution in [2.75, 3.05) is 0 Å². The van der Waals surface area contributed by atoms with Gasteiger partial charge in [0.15, 0.2) is 5.69 Å². The minimum atomic E-state index is -1.02. The molecule has 1 aliphatic rings. The highest BCUT2D eigenvalue weighted by Crippen LogP contribution is 2.34. The second kappa shape index (κ2) is 5.81. The number of carbonyl (C=O) groups excluding carboxylic acids is 1. The summed E-state index contributed by atoms with van der Waals surface area (Å²) in [5, 5.41) is 18.8. The monoisotopic (exact) mass is 266 g/mol. The molecule has 1 amide bonds. The van der Waals surface area contributed by atoms with Crippen LogP contribution in [-0.4, -0.2) is 38.0 Å². The summed E-state index contributed by atoms with van der Waals surface area (Å²) in [5.74, 6) is -0.561. The van der Waals surface area contributed by atoms with E-state index < -0.39 is 5.97 Å². The van der Waals surface area contributed by atoms with Gasteiger partial charge in [-0.3, -0.25) is 9.59 Å². The number of carbonyl (C=O) groups is 2. The van der Waals surface area contributed by atoms with Gasteiger partial charge in [0, 0.05) is 6.04 Å².